The number of hydrogen-bond acceptors (Lipinski definition) is 5. The molecule has 0 saturated carbocycles. The number of rotatable bonds is 7. The highest BCUT2D eigenvalue weighted by Crippen LogP contribution is 2.46. The molecule has 2 fully saturated rings. The van der Waals surface area contributed by atoms with Crippen molar-refractivity contribution in [1.82, 2.24) is 4.98 Å². The highest BCUT2D eigenvalue weighted by molar-refractivity contribution is 5.47. The number of hydrogen-bond donors (Lipinski definition) is 0. The molecule has 2 saturated heterocycles. The molecule has 0 spiro atoms. The molecule has 0 aliphatic carbocycles. The lowest BCUT2D eigenvalue weighted by Crippen LogP contribution is -2.42. The lowest BCUT2D eigenvalue weighted by Gasteiger charge is -2.41. The molecule has 3 heterocycles. The molecule has 0 unspecified atom stereocenters. The van der Waals surface area contributed by atoms with E-state index in [0.717, 1.165) is 28.9 Å². The fourth-order valence-corrected chi connectivity index (χ4v) is 5.88. The minimum atomic E-state index is -4.62. The number of pyridine rings is 1. The van der Waals surface area contributed by atoms with Crippen molar-refractivity contribution in [2.24, 2.45) is 11.8 Å². The number of alkyl halides is 4. The molecule has 5 atom stereocenters. The second-order valence-electron chi connectivity index (χ2n) is 10.5. The largest absolute Gasteiger partial charge is 0.481 e. The van der Waals surface area contributed by atoms with E-state index in [-0.39, 0.29) is 34.7 Å². The third kappa shape index (κ3) is 5.78. The molecular weight excluding hydrogens is 531 g/mol. The SMILES string of the molecule is COc1ccc(N2C[C@H]3CO[C@H](O[C@H](C)c4cc(CF)cc(C(F)(F)F)c4)[C@@H](c4ccc(F)cc4C)[C@@H]3C2)cn1. The second-order valence-corrected chi connectivity index (χ2v) is 10.5. The first-order chi connectivity index (χ1) is 19.1. The lowest BCUT2D eigenvalue weighted by atomic mass is 9.76. The maximum Gasteiger partial charge on any atom is 0.416 e. The summed E-state index contributed by atoms with van der Waals surface area (Å²) in [6.45, 7) is 4.19. The number of methoxy groups -OCH3 is 1. The van der Waals surface area contributed by atoms with Crippen LogP contribution in [0.25, 0.3) is 0 Å². The first-order valence-corrected chi connectivity index (χ1v) is 13.1. The first kappa shape index (κ1) is 28.3. The number of aromatic nitrogens is 1. The summed E-state index contributed by atoms with van der Waals surface area (Å²) in [5, 5.41) is 0. The Labute approximate surface area is 229 Å². The predicted octanol–water partition coefficient (Wildman–Crippen LogP) is 7.00. The summed E-state index contributed by atoms with van der Waals surface area (Å²) in [5.74, 6) is 0.0277. The van der Waals surface area contributed by atoms with E-state index < -0.39 is 30.8 Å². The van der Waals surface area contributed by atoms with Gasteiger partial charge in [0.15, 0.2) is 6.29 Å². The van der Waals surface area contributed by atoms with Gasteiger partial charge in [-0.15, -0.1) is 0 Å². The summed E-state index contributed by atoms with van der Waals surface area (Å²) in [7, 11) is 1.55. The van der Waals surface area contributed by atoms with E-state index in [4.69, 9.17) is 14.2 Å². The van der Waals surface area contributed by atoms with Crippen molar-refractivity contribution in [2.45, 2.75) is 45.0 Å². The maximum absolute atomic E-state index is 14.1. The van der Waals surface area contributed by atoms with Crippen molar-refractivity contribution >= 4 is 5.69 Å². The van der Waals surface area contributed by atoms with Gasteiger partial charge in [-0.05, 0) is 72.4 Å². The Morgan fingerprint density at radius 3 is 2.55 bits per heavy atom. The Kier molecular flexibility index (Phi) is 8.01. The van der Waals surface area contributed by atoms with Gasteiger partial charge in [0, 0.05) is 31.0 Å². The highest BCUT2D eigenvalue weighted by Gasteiger charge is 2.47. The van der Waals surface area contributed by atoms with Crippen LogP contribution in [0.2, 0.25) is 0 Å². The minimum Gasteiger partial charge on any atom is -0.481 e. The summed E-state index contributed by atoms with van der Waals surface area (Å²) in [5.41, 5.74) is 1.73. The predicted molar refractivity (Wildman–Crippen MR) is 139 cm³/mol. The zero-order valence-corrected chi connectivity index (χ0v) is 22.4. The zero-order chi connectivity index (χ0) is 28.6. The van der Waals surface area contributed by atoms with Gasteiger partial charge in [0.1, 0.15) is 12.5 Å². The van der Waals surface area contributed by atoms with Gasteiger partial charge in [-0.1, -0.05) is 12.1 Å². The first-order valence-electron chi connectivity index (χ1n) is 13.1. The second kappa shape index (κ2) is 11.3. The molecule has 1 aromatic heterocycles. The van der Waals surface area contributed by atoms with E-state index in [2.05, 4.69) is 9.88 Å². The van der Waals surface area contributed by atoms with Crippen molar-refractivity contribution < 1.29 is 36.2 Å². The van der Waals surface area contributed by atoms with E-state index >= 15 is 0 Å². The van der Waals surface area contributed by atoms with Crippen molar-refractivity contribution in [3.63, 3.8) is 0 Å². The molecule has 2 aromatic carbocycles. The maximum atomic E-state index is 14.1. The van der Waals surface area contributed by atoms with Crippen molar-refractivity contribution in [3.8, 4) is 5.88 Å². The van der Waals surface area contributed by atoms with Gasteiger partial charge < -0.3 is 19.1 Å². The number of ether oxygens (including phenoxy) is 3. The van der Waals surface area contributed by atoms with Crippen LogP contribution in [0.3, 0.4) is 0 Å². The van der Waals surface area contributed by atoms with Gasteiger partial charge in [-0.3, -0.25) is 0 Å². The topological polar surface area (TPSA) is 43.8 Å². The van der Waals surface area contributed by atoms with E-state index in [9.17, 15) is 22.0 Å². The number of anilines is 1. The Bertz CT molecular complexity index is 1330. The fourth-order valence-electron chi connectivity index (χ4n) is 5.88. The quantitative estimate of drug-likeness (QED) is 0.290. The van der Waals surface area contributed by atoms with Gasteiger partial charge in [-0.2, -0.15) is 13.2 Å². The van der Waals surface area contributed by atoms with Gasteiger partial charge in [0.05, 0.1) is 37.3 Å². The molecule has 214 valence electrons. The van der Waals surface area contributed by atoms with Crippen LogP contribution in [0.1, 0.15) is 46.8 Å². The van der Waals surface area contributed by atoms with Gasteiger partial charge in [-0.25, -0.2) is 13.8 Å². The van der Waals surface area contributed by atoms with Crippen molar-refractivity contribution in [3.05, 3.63) is 88.4 Å². The molecular formula is C30H31F5N2O3. The van der Waals surface area contributed by atoms with Crippen LogP contribution in [0.15, 0.2) is 54.7 Å². The van der Waals surface area contributed by atoms with E-state index in [1.165, 1.54) is 18.2 Å². The summed E-state index contributed by atoms with van der Waals surface area (Å²) < 4.78 is 85.7. The van der Waals surface area contributed by atoms with Crippen LogP contribution in [0.5, 0.6) is 5.88 Å². The van der Waals surface area contributed by atoms with Crippen LogP contribution < -0.4 is 9.64 Å². The summed E-state index contributed by atoms with van der Waals surface area (Å²) in [6.07, 6.45) is -4.49. The minimum absolute atomic E-state index is 0.0557. The number of aryl methyl sites for hydroxylation is 1. The normalized spacial score (nSPS) is 23.6. The molecule has 2 aliphatic rings. The average Bonchev–Trinajstić information content (AvgIpc) is 3.37. The van der Waals surface area contributed by atoms with E-state index in [1.54, 1.807) is 32.4 Å². The van der Waals surface area contributed by atoms with Crippen LogP contribution in [-0.2, 0) is 22.3 Å². The zero-order valence-electron chi connectivity index (χ0n) is 22.4. The smallest absolute Gasteiger partial charge is 0.416 e. The fraction of sp³-hybridized carbons (Fsp3) is 0.433. The molecule has 0 N–H and O–H groups in total. The van der Waals surface area contributed by atoms with Gasteiger partial charge in [0.25, 0.3) is 0 Å². The Morgan fingerprint density at radius 1 is 1.10 bits per heavy atom. The lowest BCUT2D eigenvalue weighted by molar-refractivity contribution is -0.217. The third-order valence-electron chi connectivity index (χ3n) is 7.91. The number of benzene rings is 2. The van der Waals surface area contributed by atoms with Crippen LogP contribution in [0, 0.1) is 24.6 Å². The third-order valence-corrected chi connectivity index (χ3v) is 7.91. The molecule has 0 radical (unpaired) electrons. The average molecular weight is 563 g/mol. The Morgan fingerprint density at radius 2 is 1.90 bits per heavy atom. The van der Waals surface area contributed by atoms with Crippen molar-refractivity contribution in [2.75, 3.05) is 31.7 Å². The summed E-state index contributed by atoms with van der Waals surface area (Å²) >= 11 is 0. The van der Waals surface area contributed by atoms with Crippen LogP contribution >= 0.6 is 0 Å². The highest BCUT2D eigenvalue weighted by atomic mass is 19.4. The summed E-state index contributed by atoms with van der Waals surface area (Å²) in [4.78, 5) is 6.53. The molecule has 10 heteroatoms. The van der Waals surface area contributed by atoms with Gasteiger partial charge >= 0.3 is 6.18 Å². The Hall–Kier alpha value is -3.24. The van der Waals surface area contributed by atoms with E-state index in [1.807, 2.05) is 13.0 Å². The Balaban J connectivity index is 1.45. The summed E-state index contributed by atoms with van der Waals surface area (Å²) in [6, 6.07) is 11.5. The standard InChI is InChI=1S/C30H31F5N2O3/c1-17-8-23(32)4-6-25(17)28-26-15-37(24-5-7-27(38-3)36-13-24)14-21(26)16-39-29(28)40-18(2)20-9-19(12-31)10-22(11-20)30(33,34)35/h4-11,13,18,21,26,28-29H,12,14-16H2,1-3H3/t18-,21+,26-,28+,29-/m1/s1. The molecule has 0 amide bonds. The molecule has 5 rings (SSSR count). The molecule has 40 heavy (non-hydrogen) atoms. The molecule has 0 bridgehead atoms. The van der Waals surface area contributed by atoms with E-state index in [0.29, 0.717) is 25.6 Å². The number of fused-ring (bicyclic) bond motifs is 1. The van der Waals surface area contributed by atoms with Crippen molar-refractivity contribution in [1.29, 1.82) is 0 Å². The number of halogens is 5. The van der Waals surface area contributed by atoms with Gasteiger partial charge in [0.2, 0.25) is 5.88 Å². The molecule has 3 aromatic rings. The van der Waals surface area contributed by atoms with Crippen LogP contribution in [-0.4, -0.2) is 38.1 Å². The molecule has 2 aliphatic heterocycles. The monoisotopic (exact) mass is 562 g/mol. The van der Waals surface area contributed by atoms with Crippen LogP contribution in [0.4, 0.5) is 27.6 Å². The molecule has 5 nitrogen and oxygen atoms in total. The number of nitrogens with zero attached hydrogens (tertiary/aromatic N) is 2.